The third-order valence-corrected chi connectivity index (χ3v) is 6.11. The van der Waals surface area contributed by atoms with Gasteiger partial charge >= 0.3 is 0 Å². The molecule has 4 heterocycles. The molecule has 0 unspecified atom stereocenters. The summed E-state index contributed by atoms with van der Waals surface area (Å²) in [6.07, 6.45) is 4.09. The van der Waals surface area contributed by atoms with Crippen molar-refractivity contribution in [3.63, 3.8) is 0 Å². The maximum Gasteiger partial charge on any atom is 0.228 e. The number of hydrogen-bond donors (Lipinski definition) is 0. The van der Waals surface area contributed by atoms with E-state index in [9.17, 15) is 0 Å². The minimum Gasteiger partial charge on any atom is -0.467 e. The zero-order valence-corrected chi connectivity index (χ0v) is 17.1. The van der Waals surface area contributed by atoms with Gasteiger partial charge in [-0.1, -0.05) is 30.0 Å². The fourth-order valence-corrected chi connectivity index (χ4v) is 4.51. The van der Waals surface area contributed by atoms with Crippen LogP contribution in [0.2, 0.25) is 0 Å². The quantitative estimate of drug-likeness (QED) is 0.447. The van der Waals surface area contributed by atoms with E-state index in [4.69, 9.17) is 9.40 Å². The SMILES string of the molecule is Cc1nc(CSc2nnc(N3CCCC3)n2Cc2ccco2)nc2ccccc12. The number of rotatable bonds is 6. The summed E-state index contributed by atoms with van der Waals surface area (Å²) in [5.41, 5.74) is 1.98. The summed E-state index contributed by atoms with van der Waals surface area (Å²) < 4.78 is 7.72. The molecule has 0 spiro atoms. The van der Waals surface area contributed by atoms with Gasteiger partial charge in [-0.3, -0.25) is 4.57 Å². The summed E-state index contributed by atoms with van der Waals surface area (Å²) in [7, 11) is 0. The topological polar surface area (TPSA) is 72.9 Å². The summed E-state index contributed by atoms with van der Waals surface area (Å²) in [6.45, 7) is 4.69. The number of benzene rings is 1. The van der Waals surface area contributed by atoms with Gasteiger partial charge in [-0.2, -0.15) is 0 Å². The van der Waals surface area contributed by atoms with Crippen LogP contribution in [0.3, 0.4) is 0 Å². The van der Waals surface area contributed by atoms with Crippen LogP contribution in [0.15, 0.2) is 52.2 Å². The first-order valence-electron chi connectivity index (χ1n) is 9.83. The van der Waals surface area contributed by atoms with Crippen LogP contribution in [0.4, 0.5) is 5.95 Å². The van der Waals surface area contributed by atoms with Gasteiger partial charge in [0.15, 0.2) is 5.16 Å². The molecule has 0 saturated carbocycles. The lowest BCUT2D eigenvalue weighted by molar-refractivity contribution is 0.483. The van der Waals surface area contributed by atoms with Crippen LogP contribution in [0.25, 0.3) is 10.9 Å². The highest BCUT2D eigenvalue weighted by Gasteiger charge is 2.22. The Labute approximate surface area is 173 Å². The predicted octanol–water partition coefficient (Wildman–Crippen LogP) is 4.06. The van der Waals surface area contributed by atoms with Crippen molar-refractivity contribution in [2.75, 3.05) is 18.0 Å². The predicted molar refractivity (Wildman–Crippen MR) is 113 cm³/mol. The zero-order valence-electron chi connectivity index (χ0n) is 16.3. The molecule has 0 amide bonds. The molecule has 5 rings (SSSR count). The molecule has 1 aliphatic heterocycles. The fraction of sp³-hybridized carbons (Fsp3) is 0.333. The Balaban J connectivity index is 1.42. The van der Waals surface area contributed by atoms with E-state index in [1.54, 1.807) is 18.0 Å². The van der Waals surface area contributed by atoms with E-state index < -0.39 is 0 Å². The van der Waals surface area contributed by atoms with E-state index in [-0.39, 0.29) is 0 Å². The van der Waals surface area contributed by atoms with E-state index in [1.807, 2.05) is 37.3 Å². The molecule has 1 aromatic carbocycles. The largest absolute Gasteiger partial charge is 0.467 e. The minimum atomic E-state index is 0.617. The number of aromatic nitrogens is 5. The van der Waals surface area contributed by atoms with E-state index in [0.29, 0.717) is 12.3 Å². The van der Waals surface area contributed by atoms with Crippen molar-refractivity contribution in [2.45, 2.75) is 37.2 Å². The molecular weight excluding hydrogens is 384 g/mol. The number of aryl methyl sites for hydroxylation is 1. The zero-order chi connectivity index (χ0) is 19.6. The Bertz CT molecular complexity index is 1120. The number of anilines is 1. The number of thioether (sulfide) groups is 1. The summed E-state index contributed by atoms with van der Waals surface area (Å²) >= 11 is 1.61. The molecule has 0 bridgehead atoms. The molecule has 0 radical (unpaired) electrons. The standard InChI is InChI=1S/C21H22N6OS/c1-15-17-8-2-3-9-18(17)23-19(22-15)14-29-21-25-24-20(26-10-4-5-11-26)27(21)13-16-7-6-12-28-16/h2-3,6-9,12H,4-5,10-11,13-14H2,1H3. The smallest absolute Gasteiger partial charge is 0.228 e. The van der Waals surface area contributed by atoms with Gasteiger partial charge in [0.25, 0.3) is 0 Å². The highest BCUT2D eigenvalue weighted by molar-refractivity contribution is 7.98. The van der Waals surface area contributed by atoms with Crippen molar-refractivity contribution >= 4 is 28.6 Å². The van der Waals surface area contributed by atoms with Gasteiger partial charge in [-0.05, 0) is 38.0 Å². The Morgan fingerprint density at radius 3 is 2.72 bits per heavy atom. The molecule has 8 heteroatoms. The lowest BCUT2D eigenvalue weighted by Crippen LogP contribution is -2.22. The number of para-hydroxylation sites is 1. The molecule has 3 aromatic heterocycles. The Hall–Kier alpha value is -2.87. The second kappa shape index (κ2) is 7.87. The molecule has 148 valence electrons. The van der Waals surface area contributed by atoms with Gasteiger partial charge in [0, 0.05) is 24.2 Å². The first kappa shape index (κ1) is 18.2. The van der Waals surface area contributed by atoms with Crippen molar-refractivity contribution in [3.05, 3.63) is 59.9 Å². The van der Waals surface area contributed by atoms with Crippen molar-refractivity contribution in [3.8, 4) is 0 Å². The third-order valence-electron chi connectivity index (χ3n) is 5.15. The number of fused-ring (bicyclic) bond motifs is 1. The number of nitrogens with zero attached hydrogens (tertiary/aromatic N) is 6. The number of hydrogen-bond acceptors (Lipinski definition) is 7. The van der Waals surface area contributed by atoms with Gasteiger partial charge < -0.3 is 9.32 Å². The molecule has 1 aliphatic rings. The van der Waals surface area contributed by atoms with Crippen molar-refractivity contribution in [2.24, 2.45) is 0 Å². The van der Waals surface area contributed by atoms with Crippen LogP contribution >= 0.6 is 11.8 Å². The van der Waals surface area contributed by atoms with Gasteiger partial charge in [0.1, 0.15) is 11.6 Å². The van der Waals surface area contributed by atoms with Crippen LogP contribution in [-0.4, -0.2) is 37.8 Å². The van der Waals surface area contributed by atoms with Crippen molar-refractivity contribution in [1.82, 2.24) is 24.7 Å². The van der Waals surface area contributed by atoms with E-state index in [1.165, 1.54) is 12.8 Å². The van der Waals surface area contributed by atoms with Crippen LogP contribution in [0.1, 0.15) is 30.1 Å². The van der Waals surface area contributed by atoms with Crippen LogP contribution in [0, 0.1) is 6.92 Å². The highest BCUT2D eigenvalue weighted by atomic mass is 32.2. The maximum atomic E-state index is 5.58. The van der Waals surface area contributed by atoms with Crippen molar-refractivity contribution in [1.29, 1.82) is 0 Å². The summed E-state index contributed by atoms with van der Waals surface area (Å²) in [6, 6.07) is 12.0. The average molecular weight is 407 g/mol. The van der Waals surface area contributed by atoms with E-state index in [0.717, 1.165) is 52.4 Å². The number of furan rings is 1. The van der Waals surface area contributed by atoms with Crippen LogP contribution in [0.5, 0.6) is 0 Å². The Morgan fingerprint density at radius 1 is 1.03 bits per heavy atom. The molecule has 29 heavy (non-hydrogen) atoms. The summed E-state index contributed by atoms with van der Waals surface area (Å²) in [5, 5.41) is 10.9. The van der Waals surface area contributed by atoms with E-state index in [2.05, 4.69) is 30.7 Å². The van der Waals surface area contributed by atoms with E-state index >= 15 is 0 Å². The molecular formula is C21H22N6OS. The summed E-state index contributed by atoms with van der Waals surface area (Å²) in [5.74, 6) is 3.26. The monoisotopic (exact) mass is 406 g/mol. The Morgan fingerprint density at radius 2 is 1.90 bits per heavy atom. The Kier molecular flexibility index (Phi) is 4.93. The molecule has 0 aliphatic carbocycles. The van der Waals surface area contributed by atoms with Gasteiger partial charge in [0.2, 0.25) is 5.95 Å². The van der Waals surface area contributed by atoms with Crippen LogP contribution in [-0.2, 0) is 12.3 Å². The minimum absolute atomic E-state index is 0.617. The van der Waals surface area contributed by atoms with Gasteiger partial charge in [-0.25, -0.2) is 9.97 Å². The van der Waals surface area contributed by atoms with Crippen molar-refractivity contribution < 1.29 is 4.42 Å². The van der Waals surface area contributed by atoms with Gasteiger partial charge in [-0.15, -0.1) is 10.2 Å². The second-order valence-electron chi connectivity index (χ2n) is 7.17. The highest BCUT2D eigenvalue weighted by Crippen LogP contribution is 2.28. The molecule has 1 saturated heterocycles. The maximum absolute atomic E-state index is 5.58. The molecule has 0 N–H and O–H groups in total. The third kappa shape index (κ3) is 3.72. The molecule has 1 fully saturated rings. The normalized spacial score (nSPS) is 14.2. The second-order valence-corrected chi connectivity index (χ2v) is 8.12. The molecule has 7 nitrogen and oxygen atoms in total. The molecule has 0 atom stereocenters. The lowest BCUT2D eigenvalue weighted by atomic mass is 10.2. The average Bonchev–Trinajstić information content (AvgIpc) is 3.49. The van der Waals surface area contributed by atoms with Crippen LogP contribution < -0.4 is 4.90 Å². The first-order chi connectivity index (χ1) is 14.3. The van der Waals surface area contributed by atoms with Gasteiger partial charge in [0.05, 0.1) is 24.1 Å². The lowest BCUT2D eigenvalue weighted by Gasteiger charge is -2.17. The first-order valence-corrected chi connectivity index (χ1v) is 10.8. The fourth-order valence-electron chi connectivity index (χ4n) is 3.72. The summed E-state index contributed by atoms with van der Waals surface area (Å²) in [4.78, 5) is 11.7. The molecule has 4 aromatic rings.